The number of amides is 1. The van der Waals surface area contributed by atoms with Crippen LogP contribution in [0, 0.1) is 11.6 Å². The second-order valence-electron chi connectivity index (χ2n) is 10.6. The Bertz CT molecular complexity index is 1280. The predicted octanol–water partition coefficient (Wildman–Crippen LogP) is 4.63. The second kappa shape index (κ2) is 9.42. The Morgan fingerprint density at radius 3 is 2.61 bits per heavy atom. The van der Waals surface area contributed by atoms with Crippen molar-refractivity contribution in [2.75, 3.05) is 11.9 Å². The maximum absolute atomic E-state index is 13.9. The van der Waals surface area contributed by atoms with Crippen LogP contribution < -0.4 is 16.0 Å². The second-order valence-corrected chi connectivity index (χ2v) is 10.6. The lowest BCUT2D eigenvalue weighted by Gasteiger charge is -2.42. The average molecular weight is 495 g/mol. The van der Waals surface area contributed by atoms with Crippen LogP contribution in [0.1, 0.15) is 73.8 Å². The van der Waals surface area contributed by atoms with Crippen LogP contribution in [0.5, 0.6) is 0 Å². The average Bonchev–Trinajstić information content (AvgIpc) is 3.28. The van der Waals surface area contributed by atoms with E-state index in [1.54, 1.807) is 0 Å². The minimum Gasteiger partial charge on any atom is -0.351 e. The molecule has 2 fully saturated rings. The molecule has 3 heterocycles. The van der Waals surface area contributed by atoms with E-state index in [1.807, 2.05) is 12.3 Å². The third-order valence-corrected chi connectivity index (χ3v) is 8.27. The van der Waals surface area contributed by atoms with Crippen molar-refractivity contribution in [3.8, 4) is 0 Å². The Labute approximate surface area is 209 Å². The standard InChI is InChI=1S/C27H32F2N6O/c28-19-5-4-17(22(29)13-19)14-30-20-6-8-21(9-7-20)33-26-31-15-18-12-23-25(36)32-16-27(10-2-1-3-11-27)35(23)24(18)34-26/h4-5,12-13,15,20-21,30H,1-3,6-11,14,16H2,(H,32,36)(H,31,33,34). The molecule has 190 valence electrons. The Morgan fingerprint density at radius 2 is 1.83 bits per heavy atom. The van der Waals surface area contributed by atoms with Crippen LogP contribution in [0.2, 0.25) is 0 Å². The van der Waals surface area contributed by atoms with Crippen LogP contribution >= 0.6 is 0 Å². The lowest BCUT2D eigenvalue weighted by Crippen LogP contribution is -2.52. The van der Waals surface area contributed by atoms with E-state index in [2.05, 4.69) is 25.5 Å². The van der Waals surface area contributed by atoms with Crippen LogP contribution in [0.4, 0.5) is 14.7 Å². The molecule has 0 atom stereocenters. The van der Waals surface area contributed by atoms with Gasteiger partial charge in [-0.3, -0.25) is 4.79 Å². The number of nitrogens with one attached hydrogen (secondary N) is 3. The number of hydrogen-bond donors (Lipinski definition) is 3. The van der Waals surface area contributed by atoms with Crippen molar-refractivity contribution in [1.82, 2.24) is 25.2 Å². The van der Waals surface area contributed by atoms with Gasteiger partial charge >= 0.3 is 0 Å². The molecule has 0 saturated heterocycles. The van der Waals surface area contributed by atoms with Crippen molar-refractivity contribution in [2.45, 2.75) is 82.0 Å². The van der Waals surface area contributed by atoms with Gasteiger partial charge < -0.3 is 20.5 Å². The van der Waals surface area contributed by atoms with Gasteiger partial charge in [-0.1, -0.05) is 25.3 Å². The quantitative estimate of drug-likeness (QED) is 0.482. The molecule has 2 aromatic heterocycles. The van der Waals surface area contributed by atoms with Gasteiger partial charge in [-0.2, -0.15) is 4.98 Å². The summed E-state index contributed by atoms with van der Waals surface area (Å²) in [5.41, 5.74) is 1.92. The van der Waals surface area contributed by atoms with Crippen LogP contribution in [-0.4, -0.2) is 39.1 Å². The minimum absolute atomic E-state index is 0.0370. The molecule has 1 aromatic carbocycles. The van der Waals surface area contributed by atoms with E-state index < -0.39 is 11.6 Å². The van der Waals surface area contributed by atoms with E-state index >= 15 is 0 Å². The number of carbonyl (C=O) groups excluding carboxylic acids is 1. The number of fused-ring (bicyclic) bond motifs is 4. The minimum atomic E-state index is -0.555. The van der Waals surface area contributed by atoms with Gasteiger partial charge in [0.2, 0.25) is 5.95 Å². The monoisotopic (exact) mass is 494 g/mol. The lowest BCUT2D eigenvalue weighted by molar-refractivity contribution is 0.0833. The van der Waals surface area contributed by atoms with E-state index in [1.165, 1.54) is 18.6 Å². The van der Waals surface area contributed by atoms with Gasteiger partial charge in [0.15, 0.2) is 0 Å². The molecule has 1 aliphatic heterocycles. The molecule has 7 nitrogen and oxygen atoms in total. The zero-order chi connectivity index (χ0) is 24.7. The topological polar surface area (TPSA) is 83.9 Å². The Balaban J connectivity index is 1.13. The third kappa shape index (κ3) is 4.34. The first kappa shape index (κ1) is 23.3. The summed E-state index contributed by atoms with van der Waals surface area (Å²) in [5, 5.41) is 10.9. The molecular formula is C27H32F2N6O. The van der Waals surface area contributed by atoms with Gasteiger partial charge in [0.25, 0.3) is 5.91 Å². The number of carbonyl (C=O) groups is 1. The fraction of sp³-hybridized carbons (Fsp3) is 0.519. The molecule has 0 unspecified atom stereocenters. The van der Waals surface area contributed by atoms with E-state index in [0.29, 0.717) is 36.3 Å². The summed E-state index contributed by atoms with van der Waals surface area (Å²) < 4.78 is 29.2. The first-order valence-electron chi connectivity index (χ1n) is 13.1. The zero-order valence-electron chi connectivity index (χ0n) is 20.3. The highest BCUT2D eigenvalue weighted by atomic mass is 19.1. The van der Waals surface area contributed by atoms with Crippen molar-refractivity contribution in [3.63, 3.8) is 0 Å². The first-order valence-corrected chi connectivity index (χ1v) is 13.1. The number of benzene rings is 1. The Kier molecular flexibility index (Phi) is 6.11. The number of aromatic nitrogens is 3. The smallest absolute Gasteiger partial charge is 0.268 e. The van der Waals surface area contributed by atoms with Gasteiger partial charge in [-0.05, 0) is 50.7 Å². The molecular weight excluding hydrogens is 462 g/mol. The van der Waals surface area contributed by atoms with Gasteiger partial charge in [0, 0.05) is 48.4 Å². The SMILES string of the molecule is O=C1NCC2(CCCCC2)n2c1cc1cnc(NC3CCC(NCc4ccc(F)cc4F)CC3)nc12. The highest BCUT2D eigenvalue weighted by Gasteiger charge is 2.41. The molecule has 9 heteroatoms. The van der Waals surface area contributed by atoms with E-state index in [-0.39, 0.29) is 17.5 Å². The van der Waals surface area contributed by atoms with Crippen LogP contribution in [-0.2, 0) is 12.1 Å². The molecule has 0 radical (unpaired) electrons. The number of hydrogen-bond acceptors (Lipinski definition) is 5. The normalized spacial score (nSPS) is 23.4. The van der Waals surface area contributed by atoms with E-state index in [9.17, 15) is 13.6 Å². The molecule has 1 spiro atoms. The lowest BCUT2D eigenvalue weighted by atomic mass is 9.80. The van der Waals surface area contributed by atoms with E-state index in [0.717, 1.165) is 68.5 Å². The highest BCUT2D eigenvalue weighted by Crippen LogP contribution is 2.40. The van der Waals surface area contributed by atoms with Crippen LogP contribution in [0.3, 0.4) is 0 Å². The summed E-state index contributed by atoms with van der Waals surface area (Å²) in [5.74, 6) is -0.498. The number of nitrogens with zero attached hydrogens (tertiary/aromatic N) is 3. The number of halogens is 2. The molecule has 1 amide bonds. The van der Waals surface area contributed by atoms with Crippen molar-refractivity contribution in [3.05, 3.63) is 53.4 Å². The van der Waals surface area contributed by atoms with Crippen LogP contribution in [0.25, 0.3) is 11.0 Å². The molecule has 3 aromatic rings. The zero-order valence-corrected chi connectivity index (χ0v) is 20.3. The fourth-order valence-corrected chi connectivity index (χ4v) is 6.27. The maximum atomic E-state index is 13.9. The summed E-state index contributed by atoms with van der Waals surface area (Å²) in [6.45, 7) is 1.05. The Hall–Kier alpha value is -3.07. The van der Waals surface area contributed by atoms with Gasteiger partial charge in [0.05, 0.1) is 5.54 Å². The maximum Gasteiger partial charge on any atom is 0.268 e. The molecule has 6 rings (SSSR count). The molecule has 3 aliphatic rings. The van der Waals surface area contributed by atoms with Gasteiger partial charge in [-0.25, -0.2) is 13.8 Å². The summed E-state index contributed by atoms with van der Waals surface area (Å²) in [7, 11) is 0. The van der Waals surface area contributed by atoms with E-state index in [4.69, 9.17) is 4.98 Å². The number of rotatable bonds is 5. The van der Waals surface area contributed by atoms with Gasteiger partial charge in [0.1, 0.15) is 23.0 Å². The first-order chi connectivity index (χ1) is 17.5. The molecule has 2 saturated carbocycles. The molecule has 2 aliphatic carbocycles. The van der Waals surface area contributed by atoms with Crippen molar-refractivity contribution in [1.29, 1.82) is 0 Å². The summed E-state index contributed by atoms with van der Waals surface area (Å²) in [6, 6.07) is 6.19. The summed E-state index contributed by atoms with van der Waals surface area (Å²) in [6.07, 6.45) is 11.3. The Morgan fingerprint density at radius 1 is 1.06 bits per heavy atom. The largest absolute Gasteiger partial charge is 0.351 e. The molecule has 0 bridgehead atoms. The molecule has 36 heavy (non-hydrogen) atoms. The van der Waals surface area contributed by atoms with Crippen LogP contribution in [0.15, 0.2) is 30.5 Å². The van der Waals surface area contributed by atoms with Crippen molar-refractivity contribution in [2.24, 2.45) is 0 Å². The highest BCUT2D eigenvalue weighted by molar-refractivity contribution is 5.99. The van der Waals surface area contributed by atoms with Crippen molar-refractivity contribution >= 4 is 22.9 Å². The summed E-state index contributed by atoms with van der Waals surface area (Å²) in [4.78, 5) is 22.1. The van der Waals surface area contributed by atoms with Crippen molar-refractivity contribution < 1.29 is 13.6 Å². The van der Waals surface area contributed by atoms with Gasteiger partial charge in [-0.15, -0.1) is 0 Å². The third-order valence-electron chi connectivity index (χ3n) is 8.27. The molecule has 3 N–H and O–H groups in total. The predicted molar refractivity (Wildman–Crippen MR) is 134 cm³/mol. The number of anilines is 1. The fourth-order valence-electron chi connectivity index (χ4n) is 6.27. The summed E-state index contributed by atoms with van der Waals surface area (Å²) >= 11 is 0.